The van der Waals surface area contributed by atoms with Crippen LogP contribution in [0.3, 0.4) is 0 Å². The summed E-state index contributed by atoms with van der Waals surface area (Å²) in [5.74, 6) is 0.735. The van der Waals surface area contributed by atoms with Gasteiger partial charge in [0.05, 0.1) is 6.26 Å². The van der Waals surface area contributed by atoms with Crippen molar-refractivity contribution in [3.8, 4) is 0 Å². The Morgan fingerprint density at radius 2 is 2.22 bits per heavy atom. The number of hydrogen-bond acceptors (Lipinski definition) is 2. The van der Waals surface area contributed by atoms with Gasteiger partial charge in [-0.15, -0.1) is 12.4 Å². The van der Waals surface area contributed by atoms with Crippen LogP contribution in [-0.4, -0.2) is 13.1 Å². The number of piperidine rings is 1. The molecule has 0 saturated carbocycles. The second-order valence-electron chi connectivity index (χ2n) is 4.91. The van der Waals surface area contributed by atoms with Crippen LogP contribution in [0.25, 0.3) is 11.0 Å². The van der Waals surface area contributed by atoms with Crippen molar-refractivity contribution in [2.24, 2.45) is 5.92 Å². The van der Waals surface area contributed by atoms with E-state index in [4.69, 9.17) is 4.42 Å². The van der Waals surface area contributed by atoms with E-state index in [1.165, 1.54) is 6.07 Å². The second-order valence-corrected chi connectivity index (χ2v) is 4.91. The summed E-state index contributed by atoms with van der Waals surface area (Å²) in [5, 5.41) is 4.23. The minimum atomic E-state index is -0.167. The summed E-state index contributed by atoms with van der Waals surface area (Å²) in [7, 11) is 0. The van der Waals surface area contributed by atoms with Crippen molar-refractivity contribution in [3.63, 3.8) is 0 Å². The second kappa shape index (κ2) is 5.29. The lowest BCUT2D eigenvalue weighted by molar-refractivity contribution is 0.348. The van der Waals surface area contributed by atoms with E-state index in [9.17, 15) is 4.39 Å². The van der Waals surface area contributed by atoms with Gasteiger partial charge in [0.15, 0.2) is 0 Å². The van der Waals surface area contributed by atoms with Crippen molar-refractivity contribution < 1.29 is 8.81 Å². The van der Waals surface area contributed by atoms with Gasteiger partial charge < -0.3 is 9.73 Å². The Labute approximate surface area is 112 Å². The normalized spacial score (nSPS) is 23.9. The molecule has 98 valence electrons. The van der Waals surface area contributed by atoms with Crippen molar-refractivity contribution in [3.05, 3.63) is 35.8 Å². The third-order valence-corrected chi connectivity index (χ3v) is 3.73. The molecule has 1 saturated heterocycles. The SMILES string of the molecule is CC1CNCCC1c1cc(F)cc2ccoc12.Cl. The molecule has 2 aromatic rings. The van der Waals surface area contributed by atoms with E-state index in [0.29, 0.717) is 11.8 Å². The Morgan fingerprint density at radius 1 is 1.39 bits per heavy atom. The third kappa shape index (κ3) is 2.25. The van der Waals surface area contributed by atoms with E-state index in [1.54, 1.807) is 12.3 Å². The predicted molar refractivity (Wildman–Crippen MR) is 72.8 cm³/mol. The predicted octanol–water partition coefficient (Wildman–Crippen LogP) is 3.71. The first kappa shape index (κ1) is 13.4. The van der Waals surface area contributed by atoms with Crippen molar-refractivity contribution in [1.29, 1.82) is 0 Å². The van der Waals surface area contributed by atoms with Crippen molar-refractivity contribution in [2.45, 2.75) is 19.3 Å². The van der Waals surface area contributed by atoms with Crippen LogP contribution in [0.2, 0.25) is 0 Å². The molecule has 0 radical (unpaired) electrons. The Hall–Kier alpha value is -1.06. The number of hydrogen-bond donors (Lipinski definition) is 1. The quantitative estimate of drug-likeness (QED) is 0.854. The maximum absolute atomic E-state index is 13.6. The van der Waals surface area contributed by atoms with Gasteiger partial charge in [0.25, 0.3) is 0 Å². The van der Waals surface area contributed by atoms with Crippen LogP contribution < -0.4 is 5.32 Å². The smallest absolute Gasteiger partial charge is 0.137 e. The molecule has 2 heterocycles. The molecule has 3 rings (SSSR count). The van der Waals surface area contributed by atoms with Gasteiger partial charge in [0, 0.05) is 10.9 Å². The monoisotopic (exact) mass is 269 g/mol. The van der Waals surface area contributed by atoms with E-state index >= 15 is 0 Å². The van der Waals surface area contributed by atoms with Gasteiger partial charge in [-0.05, 0) is 49.5 Å². The van der Waals surface area contributed by atoms with Gasteiger partial charge in [0.2, 0.25) is 0 Å². The van der Waals surface area contributed by atoms with Gasteiger partial charge >= 0.3 is 0 Å². The van der Waals surface area contributed by atoms with Gasteiger partial charge in [0.1, 0.15) is 11.4 Å². The lowest BCUT2D eigenvalue weighted by atomic mass is 9.82. The lowest BCUT2D eigenvalue weighted by Gasteiger charge is -2.29. The molecule has 2 atom stereocenters. The topological polar surface area (TPSA) is 25.2 Å². The molecule has 2 unspecified atom stereocenters. The molecule has 0 bridgehead atoms. The molecule has 1 aromatic heterocycles. The molecule has 0 amide bonds. The summed E-state index contributed by atoms with van der Waals surface area (Å²) in [5.41, 5.74) is 1.88. The zero-order valence-electron chi connectivity index (χ0n) is 10.3. The van der Waals surface area contributed by atoms with Crippen LogP contribution in [0.15, 0.2) is 28.9 Å². The van der Waals surface area contributed by atoms with Crippen molar-refractivity contribution >= 4 is 23.4 Å². The summed E-state index contributed by atoms with van der Waals surface area (Å²) in [6.45, 7) is 4.19. The molecule has 0 aliphatic carbocycles. The average Bonchev–Trinajstić information content (AvgIpc) is 2.76. The van der Waals surface area contributed by atoms with Crippen molar-refractivity contribution in [1.82, 2.24) is 5.32 Å². The largest absolute Gasteiger partial charge is 0.464 e. The van der Waals surface area contributed by atoms with Crippen LogP contribution in [0, 0.1) is 11.7 Å². The number of benzene rings is 1. The summed E-state index contributed by atoms with van der Waals surface area (Å²) < 4.78 is 19.1. The van der Waals surface area contributed by atoms with E-state index in [-0.39, 0.29) is 18.2 Å². The molecule has 1 aliphatic rings. The van der Waals surface area contributed by atoms with Crippen LogP contribution >= 0.6 is 12.4 Å². The highest BCUT2D eigenvalue weighted by atomic mass is 35.5. The maximum atomic E-state index is 13.6. The van der Waals surface area contributed by atoms with Crippen LogP contribution in [0.4, 0.5) is 4.39 Å². The number of halogens is 2. The van der Waals surface area contributed by atoms with Crippen LogP contribution in [0.1, 0.15) is 24.8 Å². The highest BCUT2D eigenvalue weighted by Crippen LogP contribution is 2.35. The third-order valence-electron chi connectivity index (χ3n) is 3.73. The first-order valence-corrected chi connectivity index (χ1v) is 6.13. The Morgan fingerprint density at radius 3 is 3.00 bits per heavy atom. The minimum absolute atomic E-state index is 0. The number of rotatable bonds is 1. The number of nitrogens with one attached hydrogen (secondary N) is 1. The Kier molecular flexibility index (Phi) is 3.93. The van der Waals surface area contributed by atoms with Gasteiger partial charge in [-0.1, -0.05) is 6.92 Å². The Balaban J connectivity index is 0.00000120. The van der Waals surface area contributed by atoms with Gasteiger partial charge in [-0.25, -0.2) is 4.39 Å². The fraction of sp³-hybridized carbons (Fsp3) is 0.429. The summed E-state index contributed by atoms with van der Waals surface area (Å²) in [6.07, 6.45) is 2.68. The van der Waals surface area contributed by atoms with E-state index < -0.39 is 0 Å². The fourth-order valence-corrected chi connectivity index (χ4v) is 2.82. The van der Waals surface area contributed by atoms with Crippen LogP contribution in [0.5, 0.6) is 0 Å². The lowest BCUT2D eigenvalue weighted by Crippen LogP contribution is -2.33. The molecular formula is C14H17ClFNO. The number of fused-ring (bicyclic) bond motifs is 1. The molecule has 18 heavy (non-hydrogen) atoms. The first-order chi connectivity index (χ1) is 8.25. The van der Waals surface area contributed by atoms with E-state index in [2.05, 4.69) is 12.2 Å². The summed E-state index contributed by atoms with van der Waals surface area (Å²) >= 11 is 0. The molecular weight excluding hydrogens is 253 g/mol. The molecule has 2 nitrogen and oxygen atoms in total. The molecule has 1 N–H and O–H groups in total. The number of furan rings is 1. The van der Waals surface area contributed by atoms with E-state index in [1.807, 2.05) is 6.07 Å². The Bertz CT molecular complexity index is 540. The average molecular weight is 270 g/mol. The standard InChI is InChI=1S/C14H16FNO.ClH/c1-9-8-16-4-2-12(9)13-7-11(15)6-10-3-5-17-14(10)13;/h3,5-7,9,12,16H,2,4,8H2,1H3;1H. The summed E-state index contributed by atoms with van der Waals surface area (Å²) in [6, 6.07) is 5.00. The highest BCUT2D eigenvalue weighted by molar-refractivity contribution is 5.85. The molecule has 1 aromatic carbocycles. The maximum Gasteiger partial charge on any atom is 0.137 e. The summed E-state index contributed by atoms with van der Waals surface area (Å²) in [4.78, 5) is 0. The first-order valence-electron chi connectivity index (χ1n) is 6.13. The molecule has 1 aliphatic heterocycles. The molecule has 4 heteroatoms. The van der Waals surface area contributed by atoms with E-state index in [0.717, 1.165) is 36.0 Å². The molecule has 0 spiro atoms. The highest BCUT2D eigenvalue weighted by Gasteiger charge is 2.25. The fourth-order valence-electron chi connectivity index (χ4n) is 2.82. The van der Waals surface area contributed by atoms with Gasteiger partial charge in [-0.3, -0.25) is 0 Å². The zero-order valence-corrected chi connectivity index (χ0v) is 11.1. The zero-order chi connectivity index (χ0) is 11.8. The van der Waals surface area contributed by atoms with Gasteiger partial charge in [-0.2, -0.15) is 0 Å². The minimum Gasteiger partial charge on any atom is -0.464 e. The van der Waals surface area contributed by atoms with Crippen LogP contribution in [-0.2, 0) is 0 Å². The molecule has 1 fully saturated rings. The van der Waals surface area contributed by atoms with Crippen molar-refractivity contribution in [2.75, 3.05) is 13.1 Å².